The molecule has 0 aliphatic heterocycles. The third-order valence-corrected chi connectivity index (χ3v) is 9.09. The van der Waals surface area contributed by atoms with E-state index >= 15 is 0 Å². The van der Waals surface area contributed by atoms with E-state index in [0.717, 1.165) is 19.6 Å². The molecule has 0 saturated carbocycles. The van der Waals surface area contributed by atoms with Crippen LogP contribution in [0.3, 0.4) is 0 Å². The van der Waals surface area contributed by atoms with E-state index < -0.39 is 0 Å². The highest BCUT2D eigenvalue weighted by Gasteiger charge is 2.08. The minimum Gasteiger partial charge on any atom is -0.355 e. The summed E-state index contributed by atoms with van der Waals surface area (Å²) in [5.41, 5.74) is 5.55. The number of unbranched alkanes of at least 4 members (excludes halogenated alkanes) is 24. The van der Waals surface area contributed by atoms with E-state index in [-0.39, 0.29) is 5.91 Å². The fraction of sp³-hybridized carbons (Fsp3) is 0.878. The van der Waals surface area contributed by atoms with E-state index in [9.17, 15) is 4.79 Å². The zero-order chi connectivity index (χ0) is 32.7. The fourth-order valence-electron chi connectivity index (χ4n) is 6.06. The fourth-order valence-corrected chi connectivity index (χ4v) is 6.06. The number of hydrogen-bond donors (Lipinski definition) is 2. The van der Waals surface area contributed by atoms with Crippen molar-refractivity contribution in [3.63, 3.8) is 0 Å². The summed E-state index contributed by atoms with van der Waals surface area (Å²) in [6.45, 7) is 8.83. The smallest absolute Gasteiger partial charge is 0.221 e. The van der Waals surface area contributed by atoms with E-state index in [2.05, 4.69) is 48.4 Å². The van der Waals surface area contributed by atoms with Gasteiger partial charge in [-0.3, -0.25) is 4.79 Å². The Morgan fingerprint density at radius 2 is 0.822 bits per heavy atom. The number of carbonyl (C=O) groups excluding carboxylic acids is 1. The highest BCUT2D eigenvalue weighted by atomic mass is 16.1. The molecule has 0 bridgehead atoms. The van der Waals surface area contributed by atoms with Crippen molar-refractivity contribution < 1.29 is 4.79 Å². The molecular weight excluding hydrogens is 550 g/mol. The summed E-state index contributed by atoms with van der Waals surface area (Å²) >= 11 is 0. The lowest BCUT2D eigenvalue weighted by molar-refractivity contribution is -0.121. The number of hydrogen-bond acceptors (Lipinski definition) is 3. The van der Waals surface area contributed by atoms with Gasteiger partial charge in [0, 0.05) is 26.1 Å². The molecule has 0 rings (SSSR count). The van der Waals surface area contributed by atoms with Gasteiger partial charge in [-0.2, -0.15) is 0 Å². The van der Waals surface area contributed by atoms with Crippen molar-refractivity contribution in [3.8, 4) is 0 Å². The second-order valence-electron chi connectivity index (χ2n) is 13.6. The van der Waals surface area contributed by atoms with E-state index in [1.54, 1.807) is 0 Å². The summed E-state index contributed by atoms with van der Waals surface area (Å²) in [5, 5.41) is 2.94. The van der Waals surface area contributed by atoms with Gasteiger partial charge in [0.2, 0.25) is 5.91 Å². The van der Waals surface area contributed by atoms with E-state index in [1.807, 2.05) is 0 Å². The van der Waals surface area contributed by atoms with Gasteiger partial charge >= 0.3 is 0 Å². The molecule has 0 spiro atoms. The predicted molar refractivity (Wildman–Crippen MR) is 202 cm³/mol. The third kappa shape index (κ3) is 37.2. The first kappa shape index (κ1) is 43.9. The van der Waals surface area contributed by atoms with E-state index in [1.165, 1.54) is 180 Å². The van der Waals surface area contributed by atoms with Gasteiger partial charge in [-0.05, 0) is 77.3 Å². The third-order valence-electron chi connectivity index (χ3n) is 9.09. The van der Waals surface area contributed by atoms with Crippen molar-refractivity contribution in [1.29, 1.82) is 0 Å². The maximum Gasteiger partial charge on any atom is 0.221 e. The van der Waals surface area contributed by atoms with Gasteiger partial charge in [0.1, 0.15) is 0 Å². The standard InChI is InChI=1S/C41H81N3O/c1-3-5-7-9-11-13-15-17-19-21-23-25-27-29-31-33-38-44(40-35-41(45)43-37-36-42)39-34-32-30-28-26-24-22-20-18-16-14-12-10-8-6-4-2/h17-20H,3-16,21-40,42H2,1-2H3,(H,43,45)/b19-17-,20-18-. The maximum atomic E-state index is 12.2. The Balaban J connectivity index is 3.87. The Kier molecular flexibility index (Phi) is 38.1. The summed E-state index contributed by atoms with van der Waals surface area (Å²) in [6, 6.07) is 0. The number of rotatable bonds is 37. The van der Waals surface area contributed by atoms with Crippen molar-refractivity contribution in [2.45, 2.75) is 200 Å². The topological polar surface area (TPSA) is 58.4 Å². The second kappa shape index (κ2) is 39.1. The molecule has 0 heterocycles. The summed E-state index contributed by atoms with van der Waals surface area (Å²) in [7, 11) is 0. The Morgan fingerprint density at radius 1 is 0.489 bits per heavy atom. The van der Waals surface area contributed by atoms with Gasteiger partial charge in [-0.15, -0.1) is 0 Å². The van der Waals surface area contributed by atoms with Crippen LogP contribution in [-0.4, -0.2) is 43.5 Å². The van der Waals surface area contributed by atoms with E-state index in [4.69, 9.17) is 5.73 Å². The van der Waals surface area contributed by atoms with Crippen molar-refractivity contribution in [3.05, 3.63) is 24.3 Å². The van der Waals surface area contributed by atoms with Gasteiger partial charge in [0.15, 0.2) is 0 Å². The van der Waals surface area contributed by atoms with Crippen LogP contribution in [0.15, 0.2) is 24.3 Å². The molecule has 4 heteroatoms. The van der Waals surface area contributed by atoms with Crippen LogP contribution in [0.25, 0.3) is 0 Å². The minimum absolute atomic E-state index is 0.146. The van der Waals surface area contributed by atoms with E-state index in [0.29, 0.717) is 19.5 Å². The monoisotopic (exact) mass is 632 g/mol. The summed E-state index contributed by atoms with van der Waals surface area (Å²) in [6.07, 6.45) is 48.0. The zero-order valence-corrected chi connectivity index (χ0v) is 30.8. The first-order valence-electron chi connectivity index (χ1n) is 20.2. The van der Waals surface area contributed by atoms with Crippen LogP contribution < -0.4 is 11.1 Å². The van der Waals surface area contributed by atoms with Crippen LogP contribution in [0.4, 0.5) is 0 Å². The number of nitrogens with one attached hydrogen (secondary N) is 1. The second-order valence-corrected chi connectivity index (χ2v) is 13.6. The number of amides is 1. The molecule has 0 fully saturated rings. The quantitative estimate of drug-likeness (QED) is 0.0530. The largest absolute Gasteiger partial charge is 0.355 e. The van der Waals surface area contributed by atoms with Crippen LogP contribution >= 0.6 is 0 Å². The lowest BCUT2D eigenvalue weighted by Crippen LogP contribution is -2.34. The maximum absolute atomic E-state index is 12.2. The molecule has 3 N–H and O–H groups in total. The van der Waals surface area contributed by atoms with Gasteiger partial charge < -0.3 is 16.0 Å². The normalized spacial score (nSPS) is 11.9. The van der Waals surface area contributed by atoms with Gasteiger partial charge in [0.05, 0.1) is 0 Å². The average Bonchev–Trinajstić information content (AvgIpc) is 3.05. The molecule has 4 nitrogen and oxygen atoms in total. The molecule has 0 aromatic carbocycles. The molecule has 266 valence electrons. The number of nitrogens with two attached hydrogens (primary N) is 1. The molecule has 0 saturated heterocycles. The number of nitrogens with zero attached hydrogens (tertiary/aromatic N) is 1. The molecule has 0 aliphatic carbocycles. The first-order valence-corrected chi connectivity index (χ1v) is 20.2. The van der Waals surface area contributed by atoms with Crippen LogP contribution in [0.5, 0.6) is 0 Å². The summed E-state index contributed by atoms with van der Waals surface area (Å²) in [5.74, 6) is 0.146. The van der Waals surface area contributed by atoms with Crippen molar-refractivity contribution >= 4 is 5.91 Å². The summed E-state index contributed by atoms with van der Waals surface area (Å²) < 4.78 is 0. The Hall–Kier alpha value is -1.13. The van der Waals surface area contributed by atoms with Crippen molar-refractivity contribution in [2.24, 2.45) is 5.73 Å². The average molecular weight is 632 g/mol. The molecule has 1 amide bonds. The zero-order valence-electron chi connectivity index (χ0n) is 30.8. The minimum atomic E-state index is 0.146. The highest BCUT2D eigenvalue weighted by Crippen LogP contribution is 2.13. The predicted octanol–water partition coefficient (Wildman–Crippen LogP) is 11.8. The lowest BCUT2D eigenvalue weighted by atomic mass is 10.1. The molecule has 0 aromatic rings. The molecule has 0 radical (unpaired) electrons. The van der Waals surface area contributed by atoms with Crippen LogP contribution in [0.2, 0.25) is 0 Å². The Bertz CT molecular complexity index is 590. The van der Waals surface area contributed by atoms with Crippen LogP contribution in [-0.2, 0) is 4.79 Å². The molecule has 0 atom stereocenters. The van der Waals surface area contributed by atoms with Crippen LogP contribution in [0.1, 0.15) is 200 Å². The highest BCUT2D eigenvalue weighted by molar-refractivity contribution is 5.76. The Labute approximate surface area is 283 Å². The molecule has 0 aliphatic rings. The molecular formula is C41H81N3O. The van der Waals surface area contributed by atoms with Gasteiger partial charge in [-0.1, -0.05) is 154 Å². The lowest BCUT2D eigenvalue weighted by Gasteiger charge is -2.22. The Morgan fingerprint density at radius 3 is 1.18 bits per heavy atom. The van der Waals surface area contributed by atoms with Crippen LogP contribution in [0, 0.1) is 0 Å². The van der Waals surface area contributed by atoms with Crippen molar-refractivity contribution in [2.75, 3.05) is 32.7 Å². The number of allylic oxidation sites excluding steroid dienone is 4. The SMILES string of the molecule is CCCCCCCC/C=C\CCCCCCCCN(CCCCCCCC/C=C\CCCCCCCC)CCC(=O)NCCN. The van der Waals surface area contributed by atoms with Gasteiger partial charge in [-0.25, -0.2) is 0 Å². The first-order chi connectivity index (χ1) is 22.2. The summed E-state index contributed by atoms with van der Waals surface area (Å²) in [4.78, 5) is 14.7. The molecule has 0 aromatic heterocycles. The molecule has 0 unspecified atom stereocenters. The number of carbonyl (C=O) groups is 1. The van der Waals surface area contributed by atoms with Crippen molar-refractivity contribution in [1.82, 2.24) is 10.2 Å². The van der Waals surface area contributed by atoms with Gasteiger partial charge in [0.25, 0.3) is 0 Å². The molecule has 45 heavy (non-hydrogen) atoms.